The quantitative estimate of drug-likeness (QED) is 0.769. The molecule has 0 amide bonds. The molecule has 1 aliphatic rings. The lowest BCUT2D eigenvalue weighted by Crippen LogP contribution is -2.02. The van der Waals surface area contributed by atoms with Crippen LogP contribution in [0.4, 0.5) is 5.82 Å². The monoisotopic (exact) mass is 192 g/mol. The maximum atomic E-state index is 8.90. The van der Waals surface area contributed by atoms with Gasteiger partial charge in [-0.15, -0.1) is 0 Å². The van der Waals surface area contributed by atoms with E-state index in [1.807, 2.05) is 0 Å². The lowest BCUT2D eigenvalue weighted by molar-refractivity contribution is 0.180. The second-order valence-electron chi connectivity index (χ2n) is 3.43. The second kappa shape index (κ2) is 3.31. The molecular weight excluding hydrogens is 180 g/mol. The van der Waals surface area contributed by atoms with Crippen molar-refractivity contribution in [3.63, 3.8) is 0 Å². The molecule has 2 rings (SSSR count). The Hall–Kier alpha value is -1.54. The number of methoxy groups -OCH3 is 1. The molecule has 0 saturated heterocycles. The van der Waals surface area contributed by atoms with Crippen LogP contribution < -0.4 is 5.73 Å². The van der Waals surface area contributed by atoms with Gasteiger partial charge in [-0.2, -0.15) is 10.4 Å². The van der Waals surface area contributed by atoms with Crippen LogP contribution in [-0.4, -0.2) is 16.9 Å². The van der Waals surface area contributed by atoms with Crippen LogP contribution in [0.15, 0.2) is 0 Å². The van der Waals surface area contributed by atoms with E-state index in [0.717, 1.165) is 12.8 Å². The van der Waals surface area contributed by atoms with Gasteiger partial charge in [-0.25, -0.2) is 4.68 Å². The zero-order valence-corrected chi connectivity index (χ0v) is 8.03. The third-order valence-corrected chi connectivity index (χ3v) is 2.31. The lowest BCUT2D eigenvalue weighted by atomic mass is 10.2. The minimum atomic E-state index is 0.340. The Bertz CT molecular complexity index is 386. The molecule has 1 heterocycles. The first-order chi connectivity index (χ1) is 6.77. The van der Waals surface area contributed by atoms with Gasteiger partial charge in [-0.1, -0.05) is 0 Å². The molecule has 2 N–H and O–H groups in total. The van der Waals surface area contributed by atoms with Crippen molar-refractivity contribution >= 4 is 5.82 Å². The van der Waals surface area contributed by atoms with Crippen LogP contribution in [0.2, 0.25) is 0 Å². The number of nitrogens with two attached hydrogens (primary N) is 1. The van der Waals surface area contributed by atoms with E-state index in [4.69, 9.17) is 15.7 Å². The van der Waals surface area contributed by atoms with Crippen LogP contribution in [-0.2, 0) is 11.3 Å². The Balaban J connectivity index is 2.39. The zero-order chi connectivity index (χ0) is 10.1. The summed E-state index contributed by atoms with van der Waals surface area (Å²) in [6.45, 7) is 0.340. The SMILES string of the molecule is COCc1nn(C2CC2)c(N)c1C#N. The third-order valence-electron chi connectivity index (χ3n) is 2.31. The molecule has 0 bridgehead atoms. The Kier molecular flexibility index (Phi) is 2.14. The van der Waals surface area contributed by atoms with Crippen LogP contribution in [0.25, 0.3) is 0 Å². The normalized spacial score (nSPS) is 15.4. The van der Waals surface area contributed by atoms with E-state index in [2.05, 4.69) is 11.2 Å². The molecule has 0 atom stereocenters. The maximum absolute atomic E-state index is 8.90. The summed E-state index contributed by atoms with van der Waals surface area (Å²) in [5.74, 6) is 0.474. The standard InChI is InChI=1S/C9H12N4O/c1-14-5-8-7(4-10)9(11)13(12-8)6-2-3-6/h6H,2-3,5,11H2,1H3. The Labute approximate surface area is 82.1 Å². The number of nitrogens with zero attached hydrogens (tertiary/aromatic N) is 3. The van der Waals surface area contributed by atoms with Crippen molar-refractivity contribution in [2.75, 3.05) is 12.8 Å². The number of hydrogen-bond acceptors (Lipinski definition) is 4. The van der Waals surface area contributed by atoms with Crippen molar-refractivity contribution in [3.05, 3.63) is 11.3 Å². The Morgan fingerprint density at radius 1 is 1.71 bits per heavy atom. The minimum Gasteiger partial charge on any atom is -0.383 e. The van der Waals surface area contributed by atoms with Gasteiger partial charge in [0.1, 0.15) is 23.1 Å². The predicted octanol–water partition coefficient (Wildman–Crippen LogP) is 0.818. The summed E-state index contributed by atoms with van der Waals surface area (Å²) in [6, 6.07) is 2.46. The topological polar surface area (TPSA) is 76.9 Å². The maximum Gasteiger partial charge on any atom is 0.140 e. The second-order valence-corrected chi connectivity index (χ2v) is 3.43. The van der Waals surface area contributed by atoms with Gasteiger partial charge in [0.2, 0.25) is 0 Å². The van der Waals surface area contributed by atoms with Gasteiger partial charge < -0.3 is 10.5 Å². The van der Waals surface area contributed by atoms with Crippen LogP contribution >= 0.6 is 0 Å². The number of nitriles is 1. The Morgan fingerprint density at radius 2 is 2.43 bits per heavy atom. The number of nitrogen functional groups attached to an aromatic ring is 1. The largest absolute Gasteiger partial charge is 0.383 e. The van der Waals surface area contributed by atoms with E-state index in [-0.39, 0.29) is 0 Å². The van der Waals surface area contributed by atoms with Crippen LogP contribution in [0.1, 0.15) is 30.1 Å². The Morgan fingerprint density at radius 3 is 2.93 bits per heavy atom. The lowest BCUT2D eigenvalue weighted by Gasteiger charge is -1.98. The van der Waals surface area contributed by atoms with Crippen molar-refractivity contribution < 1.29 is 4.74 Å². The van der Waals surface area contributed by atoms with E-state index in [0.29, 0.717) is 29.7 Å². The van der Waals surface area contributed by atoms with Gasteiger partial charge >= 0.3 is 0 Å². The molecule has 0 spiro atoms. The molecule has 1 aliphatic carbocycles. The van der Waals surface area contributed by atoms with Crippen molar-refractivity contribution in [2.45, 2.75) is 25.5 Å². The van der Waals surface area contributed by atoms with Crippen molar-refractivity contribution in [1.29, 1.82) is 5.26 Å². The highest BCUT2D eigenvalue weighted by Crippen LogP contribution is 2.37. The summed E-state index contributed by atoms with van der Waals surface area (Å²) in [5, 5.41) is 13.2. The average Bonchev–Trinajstić information content (AvgIpc) is 2.94. The van der Waals surface area contributed by atoms with Crippen molar-refractivity contribution in [3.8, 4) is 6.07 Å². The van der Waals surface area contributed by atoms with Gasteiger partial charge in [0.05, 0.1) is 12.6 Å². The number of aromatic nitrogens is 2. The van der Waals surface area contributed by atoms with Crippen molar-refractivity contribution in [1.82, 2.24) is 9.78 Å². The number of hydrogen-bond donors (Lipinski definition) is 1. The summed E-state index contributed by atoms with van der Waals surface area (Å²) in [7, 11) is 1.58. The molecule has 0 aliphatic heterocycles. The summed E-state index contributed by atoms with van der Waals surface area (Å²) >= 11 is 0. The van der Waals surface area contributed by atoms with Gasteiger partial charge in [-0.05, 0) is 12.8 Å². The highest BCUT2D eigenvalue weighted by atomic mass is 16.5. The molecule has 0 radical (unpaired) electrons. The zero-order valence-electron chi connectivity index (χ0n) is 8.03. The van der Waals surface area contributed by atoms with E-state index in [1.165, 1.54) is 0 Å². The summed E-state index contributed by atoms with van der Waals surface area (Å²) < 4.78 is 6.70. The van der Waals surface area contributed by atoms with Crippen molar-refractivity contribution in [2.24, 2.45) is 0 Å². The highest BCUT2D eigenvalue weighted by Gasteiger charge is 2.29. The summed E-state index contributed by atoms with van der Waals surface area (Å²) in [4.78, 5) is 0. The van der Waals surface area contributed by atoms with Crippen LogP contribution in [0.5, 0.6) is 0 Å². The molecule has 74 valence electrons. The molecule has 1 saturated carbocycles. The smallest absolute Gasteiger partial charge is 0.140 e. The first-order valence-electron chi connectivity index (χ1n) is 4.53. The molecule has 0 unspecified atom stereocenters. The van der Waals surface area contributed by atoms with Gasteiger partial charge in [0.25, 0.3) is 0 Å². The molecule has 14 heavy (non-hydrogen) atoms. The van der Waals surface area contributed by atoms with Crippen LogP contribution in [0.3, 0.4) is 0 Å². The molecule has 1 aromatic rings. The minimum absolute atomic E-state index is 0.340. The molecule has 0 aromatic carbocycles. The van der Waals surface area contributed by atoms with Crippen LogP contribution in [0, 0.1) is 11.3 Å². The molecule has 1 aromatic heterocycles. The van der Waals surface area contributed by atoms with Gasteiger partial charge in [-0.3, -0.25) is 0 Å². The molecular formula is C9H12N4O. The number of rotatable bonds is 3. The van der Waals surface area contributed by atoms with E-state index >= 15 is 0 Å². The predicted molar refractivity (Wildman–Crippen MR) is 50.3 cm³/mol. The van der Waals surface area contributed by atoms with Gasteiger partial charge in [0, 0.05) is 7.11 Å². The summed E-state index contributed by atoms with van der Waals surface area (Å²) in [5.41, 5.74) is 6.90. The number of ether oxygens (including phenoxy) is 1. The molecule has 5 nitrogen and oxygen atoms in total. The fourth-order valence-electron chi connectivity index (χ4n) is 1.45. The first kappa shape index (κ1) is 9.03. The first-order valence-corrected chi connectivity index (χ1v) is 4.53. The fraction of sp³-hybridized carbons (Fsp3) is 0.556. The highest BCUT2D eigenvalue weighted by molar-refractivity contribution is 5.52. The summed E-state index contributed by atoms with van der Waals surface area (Å²) in [6.07, 6.45) is 2.20. The van der Waals surface area contributed by atoms with E-state index < -0.39 is 0 Å². The molecule has 5 heteroatoms. The molecule has 1 fully saturated rings. The van der Waals surface area contributed by atoms with Gasteiger partial charge in [0.15, 0.2) is 0 Å². The van der Waals surface area contributed by atoms with E-state index in [1.54, 1.807) is 11.8 Å². The fourth-order valence-corrected chi connectivity index (χ4v) is 1.45. The number of anilines is 1. The average molecular weight is 192 g/mol. The third kappa shape index (κ3) is 1.34. The van der Waals surface area contributed by atoms with E-state index in [9.17, 15) is 0 Å².